The minimum Gasteiger partial charge on any atom is -0.465 e. The number of alkyl carbamates (subject to hydrolysis) is 1. The lowest BCUT2D eigenvalue weighted by Crippen LogP contribution is -2.50. The first kappa shape index (κ1) is 106. The van der Waals surface area contributed by atoms with E-state index in [0.29, 0.717) is 132 Å². The summed E-state index contributed by atoms with van der Waals surface area (Å²) in [5, 5.41) is 46.4. The van der Waals surface area contributed by atoms with Crippen molar-refractivity contribution in [1.82, 2.24) is 73.8 Å². The third-order valence-corrected chi connectivity index (χ3v) is 34.0. The Hall–Kier alpha value is -10.4. The van der Waals surface area contributed by atoms with Crippen molar-refractivity contribution >= 4 is 334 Å². The Bertz CT molecular complexity index is 8340. The summed E-state index contributed by atoms with van der Waals surface area (Å²) < 4.78 is 23.6. The number of anilines is 3. The number of piperidine rings is 2. The number of carbonyl (C=O) groups is 2. The van der Waals surface area contributed by atoms with Gasteiger partial charge in [-0.2, -0.15) is 15.8 Å². The molecule has 2 aliphatic heterocycles. The van der Waals surface area contributed by atoms with E-state index >= 15 is 0 Å². The zero-order valence-corrected chi connectivity index (χ0v) is 91.1. The van der Waals surface area contributed by atoms with Crippen molar-refractivity contribution in [1.29, 1.82) is 15.8 Å². The Labute approximate surface area is 886 Å². The van der Waals surface area contributed by atoms with Crippen LogP contribution in [0.1, 0.15) is 89.5 Å². The number of nitrogens with one attached hydrogen (secondary N) is 6. The van der Waals surface area contributed by atoms with E-state index in [4.69, 9.17) is 77.8 Å². The van der Waals surface area contributed by atoms with Crippen LogP contribution < -0.4 is 71.3 Å². The molecular formula is C87H68Br6Cl4N22O12S8. The number of carbonyl (C=O) groups excluding carboxylic acids is 2. The lowest BCUT2D eigenvalue weighted by Gasteiger charge is -2.35. The lowest BCUT2D eigenvalue weighted by atomic mass is 10.1. The number of esters is 1. The predicted molar refractivity (Wildman–Crippen MR) is 577 cm³/mol. The fraction of sp³-hybridized carbons (Fsp3) is 0.207. The average molecular weight is 2490 g/mol. The highest BCUT2D eigenvalue weighted by Gasteiger charge is 2.30. The summed E-state index contributed by atoms with van der Waals surface area (Å²) >= 11 is 54.1. The molecule has 0 spiro atoms. The number of thiophene rings is 8. The van der Waals surface area contributed by atoms with Crippen molar-refractivity contribution in [2.24, 2.45) is 5.73 Å². The molecule has 3 aromatic carbocycles. The molecule has 10 N–H and O–H groups in total. The molecule has 34 nitrogen and oxygen atoms in total. The number of halogens is 10. The SMILES string of the molecule is CC(C)(C)OC(=O)N[C@@H]1CCCN(c2nc3c(Br)csc3c(=O)n2Cc2ccccc2C#N)C1.COC(=O)c1sccc1N.Clc1nc(Cl)c2scc(Br)c2n1.N#Cc1ccccc1Cn1c(Cl)nc2c(Br)csc2c1=O.N#Cc1ccccc1Cn1c(N2CCC[C@@H](N)C2)nc2c(Br)csc2c1=O.O=c1[nH]c(=O)c2scc(Br)c2[nH]1.O=c1[nH]c(=O)c2sccc2[nH]1.O=c1[nH]c(Cl)nc2c(Br)csc12. The molecule has 0 radical (unpaired) electrons. The predicted octanol–water partition coefficient (Wildman–Crippen LogP) is 20.1. The lowest BCUT2D eigenvalue weighted by molar-refractivity contribution is 0.0498. The number of hydrogen-bond acceptors (Lipinski definition) is 33. The number of nitriles is 3. The Balaban J connectivity index is 0.000000140. The summed E-state index contributed by atoms with van der Waals surface area (Å²) in [5.74, 6) is 0.780. The number of nitrogens with zero attached hydrogens (tertiary/aromatic N) is 14. The molecule has 2 saturated heterocycles. The van der Waals surface area contributed by atoms with Crippen LogP contribution in [0.5, 0.6) is 0 Å². The van der Waals surface area contributed by atoms with E-state index in [1.165, 1.54) is 102 Å². The van der Waals surface area contributed by atoms with Crippen LogP contribution in [0.25, 0.3) is 71.5 Å². The van der Waals surface area contributed by atoms with Gasteiger partial charge in [-0.15, -0.1) is 90.7 Å². The van der Waals surface area contributed by atoms with E-state index in [0.717, 1.165) is 86.0 Å². The number of methoxy groups -OCH3 is 1. The van der Waals surface area contributed by atoms with Crippen LogP contribution in [0.3, 0.4) is 0 Å². The Morgan fingerprint density at radius 1 is 0.496 bits per heavy atom. The van der Waals surface area contributed by atoms with E-state index in [2.05, 4.69) is 174 Å². The zero-order chi connectivity index (χ0) is 100.0. The zero-order valence-electron chi connectivity index (χ0n) is 72.0. The third-order valence-electron chi connectivity index (χ3n) is 19.9. The number of nitrogen functional groups attached to an aromatic ring is 1. The maximum absolute atomic E-state index is 13.5. The van der Waals surface area contributed by atoms with Crippen LogP contribution in [-0.4, -0.2) is 132 Å². The minimum absolute atomic E-state index is 0.0668. The molecule has 0 aliphatic carbocycles. The molecule has 716 valence electrons. The number of ether oxygens (including phenoxy) is 2. The summed E-state index contributed by atoms with van der Waals surface area (Å²) in [7, 11) is 1.33. The maximum atomic E-state index is 13.5. The number of hydrogen-bond donors (Lipinski definition) is 8. The monoisotopic (exact) mass is 2480 g/mol. The molecule has 0 saturated carbocycles. The first-order valence-corrected chi connectivity index (χ1v) is 53.7. The highest BCUT2D eigenvalue weighted by Crippen LogP contribution is 2.37. The van der Waals surface area contributed by atoms with E-state index in [-0.39, 0.29) is 80.3 Å². The Morgan fingerprint density at radius 2 is 0.928 bits per heavy atom. The Morgan fingerprint density at radius 3 is 1.43 bits per heavy atom. The van der Waals surface area contributed by atoms with Crippen molar-refractivity contribution in [3.05, 3.63) is 297 Å². The van der Waals surface area contributed by atoms with Crippen molar-refractivity contribution in [3.8, 4) is 18.2 Å². The summed E-state index contributed by atoms with van der Waals surface area (Å²) in [5.41, 5.74) is 17.6. The van der Waals surface area contributed by atoms with Gasteiger partial charge in [-0.05, 0) is 235 Å². The summed E-state index contributed by atoms with van der Waals surface area (Å²) in [6.45, 7) is 8.93. The van der Waals surface area contributed by atoms with E-state index in [1.54, 1.807) is 73.8 Å². The van der Waals surface area contributed by atoms with Crippen LogP contribution in [0.2, 0.25) is 21.0 Å². The second kappa shape index (κ2) is 47.9. The van der Waals surface area contributed by atoms with Gasteiger partial charge in [0.05, 0.1) is 110 Å². The van der Waals surface area contributed by atoms with Crippen molar-refractivity contribution < 1.29 is 19.1 Å². The first-order chi connectivity index (χ1) is 66.4. The minimum atomic E-state index is -0.579. The normalized spacial score (nSPS) is 13.3. The van der Waals surface area contributed by atoms with Gasteiger partial charge in [-0.3, -0.25) is 57.4 Å². The summed E-state index contributed by atoms with van der Waals surface area (Å²) in [6.07, 6.45) is 3.12. The highest BCUT2D eigenvalue weighted by molar-refractivity contribution is 9.11. The number of nitrogens with two attached hydrogens (primary N) is 2. The standard InChI is InChI=1S/C24H26BrN5O3S.C19H18BrN5OS.C14H7BrClN3OS.C6HBrCl2N2S.C6H2BrClN2OS.C6H3BrN2O2S.C6H4N2O2S.C6H7NO2S/c1-24(2,3)33-23(32)27-17-9-6-10-29(13-17)22-28-19-18(25)14-34-20(19)21(31)30(22)12-16-8-5-4-7-15(16)11-26;20-15-11-27-17-16(15)23-19(24-7-3-6-14(22)10-24)25(18(17)26)9-13-5-2-1-4-12(13)8-21;15-10-7-21-12-11(10)18-14(16)19(13(12)20)6-9-4-2-1-3-8(9)5-17;7-2-1-12-4-3(2)10-6(9)11-5(4)8;7-2-1-12-4-3(2)9-6(8)10-5(4)11;7-2-1-12-4-3(2)8-6(11)9-5(4)10;9-5-4-3(1-2-11-4)7-6(10)8-5;1-9-6(8)5-4(7)2-3-10-5/h4-5,7-8,14,17H,6,9-10,12-13H2,1-3H3,(H,27,32);1-2,4-5,11,14H,3,6-7,9-10,22H2;1-4,7H,6H2;1H;1H,(H,9,10,11);1H,(H2,8,9,10,11);1-2H,(H2,7,8,9,10);2-3H,7H2,1H3/t17-;14-;;;;;;/m11....../s1. The van der Waals surface area contributed by atoms with Gasteiger partial charge < -0.3 is 46.0 Å². The molecule has 139 heavy (non-hydrogen) atoms. The molecule has 2 fully saturated rings. The second-order valence-corrected chi connectivity index (χ2v) is 44.0. The molecular weight excluding hydrogens is 2420 g/mol. The van der Waals surface area contributed by atoms with E-state index in [9.17, 15) is 58.5 Å². The smallest absolute Gasteiger partial charge is 0.407 e. The number of fused-ring (bicyclic) bond motifs is 7. The maximum Gasteiger partial charge on any atom is 0.407 e. The molecule has 18 aromatic rings. The van der Waals surface area contributed by atoms with Gasteiger partial charge in [0.1, 0.15) is 66.3 Å². The number of H-pyrrole nitrogens is 5. The number of benzene rings is 3. The third kappa shape index (κ3) is 26.1. The van der Waals surface area contributed by atoms with Crippen LogP contribution >= 0.6 is 233 Å². The molecule has 2 atom stereocenters. The van der Waals surface area contributed by atoms with Crippen LogP contribution in [0.4, 0.5) is 22.4 Å². The number of amides is 1. The van der Waals surface area contributed by atoms with Gasteiger partial charge in [0.15, 0.2) is 5.15 Å². The Kier molecular flexibility index (Phi) is 36.6. The molecule has 20 rings (SSSR count). The molecule has 17 heterocycles. The van der Waals surface area contributed by atoms with Crippen LogP contribution in [0, 0.1) is 34.0 Å². The van der Waals surface area contributed by atoms with Crippen molar-refractivity contribution in [2.45, 2.75) is 83.8 Å². The highest BCUT2D eigenvalue weighted by atomic mass is 79.9. The van der Waals surface area contributed by atoms with Gasteiger partial charge in [-0.1, -0.05) is 66.2 Å². The fourth-order valence-electron chi connectivity index (χ4n) is 13.6. The van der Waals surface area contributed by atoms with Gasteiger partial charge in [0.2, 0.25) is 27.7 Å². The largest absolute Gasteiger partial charge is 0.465 e. The summed E-state index contributed by atoms with van der Waals surface area (Å²) in [4.78, 5) is 159. The van der Waals surface area contributed by atoms with Gasteiger partial charge in [-0.25, -0.2) is 49.1 Å². The first-order valence-electron chi connectivity index (χ1n) is 40.4. The number of rotatable bonds is 10. The molecule has 0 unspecified atom stereocenters. The van der Waals surface area contributed by atoms with E-state index in [1.807, 2.05) is 89.0 Å². The van der Waals surface area contributed by atoms with Crippen LogP contribution in [-0.2, 0) is 29.1 Å². The summed E-state index contributed by atoms with van der Waals surface area (Å²) in [6, 6.07) is 31.6. The average Bonchev–Trinajstić information content (AvgIpc) is 1.69. The quantitative estimate of drug-likeness (QED) is 0.0358. The fourth-order valence-corrected chi connectivity index (χ4v) is 24.9. The van der Waals surface area contributed by atoms with Gasteiger partial charge in [0, 0.05) is 70.5 Å². The molecule has 0 bridgehead atoms. The topological polar surface area (TPSA) is 502 Å². The van der Waals surface area contributed by atoms with Crippen molar-refractivity contribution in [3.63, 3.8) is 0 Å². The molecule has 2 aliphatic rings. The van der Waals surface area contributed by atoms with E-state index < -0.39 is 23.1 Å². The molecule has 52 heteroatoms. The molecule has 15 aromatic heterocycles. The van der Waals surface area contributed by atoms with Gasteiger partial charge in [0.25, 0.3) is 33.4 Å². The number of aromatic nitrogens is 14. The second-order valence-electron chi connectivity index (χ2n) is 30.4. The van der Waals surface area contributed by atoms with Crippen LogP contribution in [0.15, 0.2) is 193 Å². The van der Waals surface area contributed by atoms with Crippen molar-refractivity contribution in [2.75, 3.05) is 48.8 Å². The number of aromatic amines is 5. The molecule has 1 amide bonds. The van der Waals surface area contributed by atoms with Gasteiger partial charge >= 0.3 is 23.4 Å².